The first-order valence-electron chi connectivity index (χ1n) is 8.97. The van der Waals surface area contributed by atoms with Crippen molar-refractivity contribution in [3.63, 3.8) is 0 Å². The molecule has 0 atom stereocenters. The van der Waals surface area contributed by atoms with Crippen LogP contribution in [0.5, 0.6) is 0 Å². The van der Waals surface area contributed by atoms with Crippen LogP contribution >= 0.6 is 24.0 Å². The average Bonchev–Trinajstić information content (AvgIpc) is 3.11. The zero-order valence-electron chi connectivity index (χ0n) is 17.2. The minimum atomic E-state index is -0.0914. The number of carbonyl (C=O) groups is 1. The summed E-state index contributed by atoms with van der Waals surface area (Å²) >= 11 is 0. The molecular formula is C20H30IN5O2. The average molecular weight is 499 g/mol. The Kier molecular flexibility index (Phi) is 9.44. The highest BCUT2D eigenvalue weighted by atomic mass is 127. The largest absolute Gasteiger partial charge is 0.443 e. The van der Waals surface area contributed by atoms with Crippen LogP contribution in [0.4, 0.5) is 0 Å². The zero-order valence-corrected chi connectivity index (χ0v) is 19.5. The minimum Gasteiger partial charge on any atom is -0.443 e. The number of amides is 1. The molecule has 2 aromatic rings. The fraction of sp³-hybridized carbons (Fsp3) is 0.450. The maximum absolute atomic E-state index is 11.9. The molecule has 0 spiro atoms. The van der Waals surface area contributed by atoms with E-state index in [1.54, 1.807) is 20.3 Å². The van der Waals surface area contributed by atoms with Crippen LogP contribution in [-0.4, -0.2) is 42.4 Å². The molecule has 0 aliphatic carbocycles. The second kappa shape index (κ2) is 11.0. The molecule has 0 aliphatic heterocycles. The van der Waals surface area contributed by atoms with Crippen LogP contribution in [0.3, 0.4) is 0 Å². The summed E-state index contributed by atoms with van der Waals surface area (Å²) in [5.74, 6) is 1.91. The summed E-state index contributed by atoms with van der Waals surface area (Å²) in [5.41, 5.74) is 0.995. The molecule has 2 rings (SSSR count). The molecule has 154 valence electrons. The zero-order chi connectivity index (χ0) is 19.9. The van der Waals surface area contributed by atoms with Crippen LogP contribution < -0.4 is 10.6 Å². The van der Waals surface area contributed by atoms with Crippen LogP contribution in [0.15, 0.2) is 45.9 Å². The molecular weight excluding hydrogens is 469 g/mol. The Morgan fingerprint density at radius 3 is 2.43 bits per heavy atom. The number of hydrogen-bond donors (Lipinski definition) is 2. The minimum absolute atomic E-state index is 0. The van der Waals surface area contributed by atoms with Gasteiger partial charge in [0.05, 0.1) is 25.8 Å². The van der Waals surface area contributed by atoms with Crippen LogP contribution in [0.1, 0.15) is 38.0 Å². The molecule has 1 heterocycles. The lowest BCUT2D eigenvalue weighted by Crippen LogP contribution is -2.42. The van der Waals surface area contributed by atoms with Gasteiger partial charge >= 0.3 is 0 Å². The topological polar surface area (TPSA) is 82.8 Å². The Morgan fingerprint density at radius 1 is 1.18 bits per heavy atom. The van der Waals surface area contributed by atoms with Crippen molar-refractivity contribution in [3.8, 4) is 0 Å². The van der Waals surface area contributed by atoms with Crippen molar-refractivity contribution >= 4 is 35.8 Å². The quantitative estimate of drug-likeness (QED) is 0.363. The third-order valence-corrected chi connectivity index (χ3v) is 3.87. The summed E-state index contributed by atoms with van der Waals surface area (Å²) in [5, 5.41) is 6.23. The van der Waals surface area contributed by atoms with Gasteiger partial charge in [-0.2, -0.15) is 0 Å². The monoisotopic (exact) mass is 499 g/mol. The van der Waals surface area contributed by atoms with E-state index in [0.717, 1.165) is 11.3 Å². The number of aromatic nitrogens is 1. The molecule has 7 nitrogen and oxygen atoms in total. The van der Waals surface area contributed by atoms with E-state index in [2.05, 4.69) is 41.4 Å². The van der Waals surface area contributed by atoms with Crippen LogP contribution in [0.2, 0.25) is 0 Å². The molecule has 0 bridgehead atoms. The molecule has 1 aromatic carbocycles. The van der Waals surface area contributed by atoms with Crippen molar-refractivity contribution in [2.24, 2.45) is 4.99 Å². The Morgan fingerprint density at radius 2 is 1.86 bits per heavy atom. The maximum Gasteiger partial charge on any atom is 0.241 e. The Labute approximate surface area is 184 Å². The fourth-order valence-electron chi connectivity index (χ4n) is 2.14. The van der Waals surface area contributed by atoms with E-state index >= 15 is 0 Å². The molecule has 0 unspecified atom stereocenters. The lowest BCUT2D eigenvalue weighted by atomic mass is 9.94. The number of benzene rings is 1. The first kappa shape index (κ1) is 23.9. The fourth-order valence-corrected chi connectivity index (χ4v) is 2.14. The number of hydrogen-bond acceptors (Lipinski definition) is 4. The summed E-state index contributed by atoms with van der Waals surface area (Å²) in [6.07, 6.45) is 1.75. The molecule has 8 heteroatoms. The summed E-state index contributed by atoms with van der Waals surface area (Å²) in [7, 11) is 3.44. The number of rotatable bonds is 6. The third-order valence-electron chi connectivity index (χ3n) is 3.87. The first-order chi connectivity index (χ1) is 12.8. The second-order valence-electron chi connectivity index (χ2n) is 7.51. The van der Waals surface area contributed by atoms with Gasteiger partial charge in [-0.05, 0) is 5.56 Å². The second-order valence-corrected chi connectivity index (χ2v) is 7.51. The highest BCUT2D eigenvalue weighted by Crippen LogP contribution is 2.22. The molecule has 0 fully saturated rings. The van der Waals surface area contributed by atoms with Gasteiger partial charge in [0.25, 0.3) is 0 Å². The van der Waals surface area contributed by atoms with E-state index < -0.39 is 0 Å². The van der Waals surface area contributed by atoms with Crippen molar-refractivity contribution in [2.45, 2.75) is 39.3 Å². The normalized spacial score (nSPS) is 11.5. The number of aliphatic imine (C=N–C) groups is 1. The molecule has 0 radical (unpaired) electrons. The number of oxazole rings is 1. The first-order valence-corrected chi connectivity index (χ1v) is 8.97. The number of carbonyl (C=O) groups excluding carboxylic acids is 1. The summed E-state index contributed by atoms with van der Waals surface area (Å²) in [4.78, 5) is 22.3. The molecule has 1 amide bonds. The number of nitrogens with one attached hydrogen (secondary N) is 2. The summed E-state index contributed by atoms with van der Waals surface area (Å²) < 4.78 is 5.79. The van der Waals surface area contributed by atoms with Crippen molar-refractivity contribution in [2.75, 3.05) is 20.6 Å². The van der Waals surface area contributed by atoms with Crippen LogP contribution in [0, 0.1) is 0 Å². The van der Waals surface area contributed by atoms with Gasteiger partial charge in [0.1, 0.15) is 5.76 Å². The van der Waals surface area contributed by atoms with E-state index in [0.29, 0.717) is 24.9 Å². The van der Waals surface area contributed by atoms with Gasteiger partial charge in [-0.3, -0.25) is 4.79 Å². The highest BCUT2D eigenvalue weighted by Gasteiger charge is 2.19. The van der Waals surface area contributed by atoms with Gasteiger partial charge in [0.2, 0.25) is 11.8 Å². The predicted octanol–water partition coefficient (Wildman–Crippen LogP) is 2.91. The summed E-state index contributed by atoms with van der Waals surface area (Å²) in [6.45, 7) is 7.27. The van der Waals surface area contributed by atoms with Crippen LogP contribution in [0.25, 0.3) is 0 Å². The molecule has 1 aromatic heterocycles. The van der Waals surface area contributed by atoms with Gasteiger partial charge in [-0.25, -0.2) is 9.98 Å². The number of guanidine groups is 1. The van der Waals surface area contributed by atoms with Gasteiger partial charge in [0, 0.05) is 19.5 Å². The molecule has 28 heavy (non-hydrogen) atoms. The Balaban J connectivity index is 0.00000392. The summed E-state index contributed by atoms with van der Waals surface area (Å²) in [6, 6.07) is 9.94. The standard InChI is InChI=1S/C20H29N5O2.HI/c1-20(2,3)16-12-21-17(27-16)13-23-19(24-14-18(26)25(4)5)22-11-15-9-7-6-8-10-15;/h6-10,12H,11,13-14H2,1-5H3,(H2,22,23,24);1H. The number of likely N-dealkylation sites (N-methyl/N-ethyl adjacent to an activating group) is 1. The van der Waals surface area contributed by atoms with Crippen molar-refractivity contribution in [1.82, 2.24) is 20.5 Å². The van der Waals surface area contributed by atoms with Crippen LogP contribution in [-0.2, 0) is 23.3 Å². The predicted molar refractivity (Wildman–Crippen MR) is 122 cm³/mol. The Hall–Kier alpha value is -2.10. The van der Waals surface area contributed by atoms with Gasteiger partial charge in [-0.15, -0.1) is 24.0 Å². The van der Waals surface area contributed by atoms with Crippen molar-refractivity contribution in [1.29, 1.82) is 0 Å². The van der Waals surface area contributed by atoms with Crippen molar-refractivity contribution < 1.29 is 9.21 Å². The maximum atomic E-state index is 11.9. The van der Waals surface area contributed by atoms with Gasteiger partial charge < -0.3 is 20.0 Å². The third kappa shape index (κ3) is 7.87. The highest BCUT2D eigenvalue weighted by molar-refractivity contribution is 14.0. The smallest absolute Gasteiger partial charge is 0.241 e. The van der Waals surface area contributed by atoms with E-state index in [1.165, 1.54) is 4.90 Å². The Bertz CT molecular complexity index is 766. The molecule has 0 saturated carbocycles. The van der Waals surface area contributed by atoms with E-state index in [1.807, 2.05) is 30.3 Å². The van der Waals surface area contributed by atoms with E-state index in [9.17, 15) is 4.79 Å². The van der Waals surface area contributed by atoms with Crippen molar-refractivity contribution in [3.05, 3.63) is 53.7 Å². The molecule has 2 N–H and O–H groups in total. The number of nitrogens with zero attached hydrogens (tertiary/aromatic N) is 3. The number of halogens is 1. The molecule has 0 aliphatic rings. The van der Waals surface area contributed by atoms with E-state index in [4.69, 9.17) is 4.42 Å². The van der Waals surface area contributed by atoms with Gasteiger partial charge in [-0.1, -0.05) is 51.1 Å². The van der Waals surface area contributed by atoms with Gasteiger partial charge in [0.15, 0.2) is 5.96 Å². The van der Waals surface area contributed by atoms with E-state index in [-0.39, 0.29) is 41.8 Å². The lowest BCUT2D eigenvalue weighted by Gasteiger charge is -2.15. The molecule has 0 saturated heterocycles. The lowest BCUT2D eigenvalue weighted by molar-refractivity contribution is -0.127. The SMILES string of the molecule is CN(C)C(=O)CNC(=NCc1ccccc1)NCc1ncc(C(C)(C)C)o1.I.